The van der Waals surface area contributed by atoms with Gasteiger partial charge < -0.3 is 14.1 Å². The van der Waals surface area contributed by atoms with Crippen molar-refractivity contribution in [1.82, 2.24) is 4.90 Å². The van der Waals surface area contributed by atoms with Gasteiger partial charge in [0.15, 0.2) is 5.76 Å². The maximum absolute atomic E-state index is 13.6. The van der Waals surface area contributed by atoms with Gasteiger partial charge in [0.1, 0.15) is 17.2 Å². The zero-order chi connectivity index (χ0) is 19.7. The molecule has 6 heteroatoms. The summed E-state index contributed by atoms with van der Waals surface area (Å²) < 4.78 is 38.3. The molecule has 1 saturated heterocycles. The highest BCUT2D eigenvalue weighted by atomic mass is 19.1. The summed E-state index contributed by atoms with van der Waals surface area (Å²) in [6.45, 7) is 3.16. The molecule has 0 bridgehead atoms. The first-order chi connectivity index (χ1) is 13.5. The van der Waals surface area contributed by atoms with Crippen LogP contribution in [0, 0.1) is 18.6 Å². The largest absolute Gasteiger partial charge is 0.451 e. The monoisotopic (exact) mass is 385 g/mol. The van der Waals surface area contributed by atoms with Gasteiger partial charge in [0.05, 0.1) is 6.10 Å². The van der Waals surface area contributed by atoms with Crippen molar-refractivity contribution in [3.63, 3.8) is 0 Å². The van der Waals surface area contributed by atoms with E-state index in [1.165, 1.54) is 30.3 Å². The van der Waals surface area contributed by atoms with Crippen molar-refractivity contribution in [3.8, 4) is 0 Å². The Labute approximate surface area is 161 Å². The molecule has 1 unspecified atom stereocenters. The molecular weight excluding hydrogens is 364 g/mol. The summed E-state index contributed by atoms with van der Waals surface area (Å²) in [6.07, 6.45) is 1.82. The number of furan rings is 1. The van der Waals surface area contributed by atoms with E-state index in [-0.39, 0.29) is 29.4 Å². The van der Waals surface area contributed by atoms with Crippen LogP contribution in [0.5, 0.6) is 0 Å². The smallest absolute Gasteiger partial charge is 0.290 e. The molecule has 1 amide bonds. The first-order valence-corrected chi connectivity index (χ1v) is 9.35. The molecule has 28 heavy (non-hydrogen) atoms. The second-order valence-corrected chi connectivity index (χ2v) is 7.14. The number of rotatable bonds is 5. The van der Waals surface area contributed by atoms with Crippen LogP contribution in [0.15, 0.2) is 46.9 Å². The molecule has 4 nitrogen and oxygen atoms in total. The molecule has 3 aromatic rings. The third-order valence-corrected chi connectivity index (χ3v) is 5.11. The zero-order valence-corrected chi connectivity index (χ0v) is 15.6. The fourth-order valence-electron chi connectivity index (χ4n) is 3.60. The lowest BCUT2D eigenvalue weighted by molar-refractivity contribution is 0.0485. The number of carbonyl (C=O) groups is 1. The molecule has 1 aliphatic heterocycles. The predicted octanol–water partition coefficient (Wildman–Crippen LogP) is 4.84. The van der Waals surface area contributed by atoms with Crippen LogP contribution in [0.4, 0.5) is 8.78 Å². The van der Waals surface area contributed by atoms with Crippen LogP contribution in [0.25, 0.3) is 11.0 Å². The molecule has 1 atom stereocenters. The number of aryl methyl sites for hydroxylation is 1. The van der Waals surface area contributed by atoms with Crippen LogP contribution in [0.1, 0.15) is 34.5 Å². The van der Waals surface area contributed by atoms with Gasteiger partial charge >= 0.3 is 0 Å². The van der Waals surface area contributed by atoms with Gasteiger partial charge in [0.25, 0.3) is 5.91 Å². The highest BCUT2D eigenvalue weighted by Crippen LogP contribution is 2.28. The van der Waals surface area contributed by atoms with Gasteiger partial charge in [-0.1, -0.05) is 12.1 Å². The Morgan fingerprint density at radius 3 is 2.61 bits per heavy atom. The highest BCUT2D eigenvalue weighted by molar-refractivity contribution is 5.99. The van der Waals surface area contributed by atoms with Crippen LogP contribution in [-0.2, 0) is 11.3 Å². The van der Waals surface area contributed by atoms with Crippen LogP contribution >= 0.6 is 0 Å². The molecule has 0 saturated carbocycles. The maximum Gasteiger partial charge on any atom is 0.290 e. The summed E-state index contributed by atoms with van der Waals surface area (Å²) in [7, 11) is 0. The number of halogens is 2. The van der Waals surface area contributed by atoms with Crippen LogP contribution in [-0.4, -0.2) is 30.1 Å². The first kappa shape index (κ1) is 18.6. The number of fused-ring (bicyclic) bond motifs is 1. The fourth-order valence-corrected chi connectivity index (χ4v) is 3.60. The second kappa shape index (κ2) is 7.72. The summed E-state index contributed by atoms with van der Waals surface area (Å²) in [6, 6.07) is 10.3. The summed E-state index contributed by atoms with van der Waals surface area (Å²) in [5, 5.41) is 0.585. The molecule has 1 fully saturated rings. The quantitative estimate of drug-likeness (QED) is 0.631. The minimum Gasteiger partial charge on any atom is -0.451 e. The van der Waals surface area contributed by atoms with Crippen molar-refractivity contribution in [3.05, 3.63) is 71.0 Å². The van der Waals surface area contributed by atoms with E-state index in [1.807, 2.05) is 0 Å². The van der Waals surface area contributed by atoms with E-state index in [9.17, 15) is 13.6 Å². The molecule has 146 valence electrons. The van der Waals surface area contributed by atoms with E-state index >= 15 is 0 Å². The SMILES string of the molecule is Cc1c(C(=O)N(Cc2ccc(F)cc2)CC2CCCO2)oc2ccc(F)cc12. The molecule has 2 aromatic carbocycles. The standard InChI is InChI=1S/C22H21F2NO3/c1-14-19-11-17(24)8-9-20(19)28-21(14)22(26)25(13-18-3-2-10-27-18)12-15-4-6-16(23)7-5-15/h4-9,11,18H,2-3,10,12-13H2,1H3. The van der Waals surface area contributed by atoms with Gasteiger partial charge in [-0.05, 0) is 55.7 Å². The van der Waals surface area contributed by atoms with Gasteiger partial charge in [-0.15, -0.1) is 0 Å². The van der Waals surface area contributed by atoms with E-state index in [1.54, 1.807) is 24.0 Å². The number of ether oxygens (including phenoxy) is 1. The van der Waals surface area contributed by atoms with Crippen molar-refractivity contribution in [2.45, 2.75) is 32.4 Å². The van der Waals surface area contributed by atoms with Crippen LogP contribution in [0.3, 0.4) is 0 Å². The molecule has 1 aromatic heterocycles. The summed E-state index contributed by atoms with van der Waals surface area (Å²) in [5.41, 5.74) is 1.89. The molecule has 1 aliphatic rings. The molecule has 0 N–H and O–H groups in total. The molecule has 0 aliphatic carbocycles. The van der Waals surface area contributed by atoms with Crippen molar-refractivity contribution in [2.24, 2.45) is 0 Å². The van der Waals surface area contributed by atoms with E-state index in [4.69, 9.17) is 9.15 Å². The third-order valence-electron chi connectivity index (χ3n) is 5.11. The summed E-state index contributed by atoms with van der Waals surface area (Å²) in [4.78, 5) is 14.9. The first-order valence-electron chi connectivity index (χ1n) is 9.35. The predicted molar refractivity (Wildman–Crippen MR) is 101 cm³/mol. The zero-order valence-electron chi connectivity index (χ0n) is 15.6. The third kappa shape index (κ3) is 3.78. The van der Waals surface area contributed by atoms with Crippen molar-refractivity contribution in [1.29, 1.82) is 0 Å². The normalized spacial score (nSPS) is 16.6. The van der Waals surface area contributed by atoms with E-state index in [0.29, 0.717) is 36.2 Å². The lowest BCUT2D eigenvalue weighted by atomic mass is 10.1. The van der Waals surface area contributed by atoms with Crippen molar-refractivity contribution < 1.29 is 22.7 Å². The molecule has 0 spiro atoms. The maximum atomic E-state index is 13.6. The Bertz CT molecular complexity index is 991. The number of hydrogen-bond acceptors (Lipinski definition) is 3. The van der Waals surface area contributed by atoms with Gasteiger partial charge in [-0.25, -0.2) is 8.78 Å². The molecular formula is C22H21F2NO3. The minimum absolute atomic E-state index is 0.0356. The van der Waals surface area contributed by atoms with Gasteiger partial charge in [-0.3, -0.25) is 4.79 Å². The number of nitrogens with zero attached hydrogens (tertiary/aromatic N) is 1. The minimum atomic E-state index is -0.377. The number of hydrogen-bond donors (Lipinski definition) is 0. The molecule has 0 radical (unpaired) electrons. The second-order valence-electron chi connectivity index (χ2n) is 7.14. The Morgan fingerprint density at radius 2 is 1.89 bits per heavy atom. The number of amides is 1. The summed E-state index contributed by atoms with van der Waals surface area (Å²) in [5.74, 6) is -0.788. The Balaban J connectivity index is 1.65. The Hall–Kier alpha value is -2.73. The van der Waals surface area contributed by atoms with E-state index in [2.05, 4.69) is 0 Å². The van der Waals surface area contributed by atoms with Crippen molar-refractivity contribution >= 4 is 16.9 Å². The Kier molecular flexibility index (Phi) is 5.13. The molecule has 2 heterocycles. The lowest BCUT2D eigenvalue weighted by Gasteiger charge is -2.25. The van der Waals surface area contributed by atoms with E-state index in [0.717, 1.165) is 18.4 Å². The molecule has 4 rings (SSSR count). The average molecular weight is 385 g/mol. The van der Waals surface area contributed by atoms with Gasteiger partial charge in [0.2, 0.25) is 0 Å². The highest BCUT2D eigenvalue weighted by Gasteiger charge is 2.27. The van der Waals surface area contributed by atoms with E-state index < -0.39 is 0 Å². The number of carbonyl (C=O) groups excluding carboxylic acids is 1. The topological polar surface area (TPSA) is 42.7 Å². The average Bonchev–Trinajstić information content (AvgIpc) is 3.31. The summed E-state index contributed by atoms with van der Waals surface area (Å²) >= 11 is 0. The van der Waals surface area contributed by atoms with Crippen LogP contribution in [0.2, 0.25) is 0 Å². The van der Waals surface area contributed by atoms with Crippen molar-refractivity contribution in [2.75, 3.05) is 13.2 Å². The lowest BCUT2D eigenvalue weighted by Crippen LogP contribution is -2.37. The van der Waals surface area contributed by atoms with Gasteiger partial charge in [0, 0.05) is 30.6 Å². The Morgan fingerprint density at radius 1 is 1.14 bits per heavy atom. The fraction of sp³-hybridized carbons (Fsp3) is 0.318. The van der Waals surface area contributed by atoms with Crippen LogP contribution < -0.4 is 0 Å². The number of benzene rings is 2. The van der Waals surface area contributed by atoms with Gasteiger partial charge in [-0.2, -0.15) is 0 Å².